The fraction of sp³-hybridized carbons (Fsp3) is 0.556. The van der Waals surface area contributed by atoms with Crippen molar-refractivity contribution in [2.45, 2.75) is 25.3 Å². The van der Waals surface area contributed by atoms with E-state index in [1.807, 2.05) is 6.08 Å². The lowest BCUT2D eigenvalue weighted by Crippen LogP contribution is -2.17. The minimum Gasteiger partial charge on any atom is -0.327 e. The SMILES string of the molecule is C=CC1C=CCC(N)CC1. The maximum Gasteiger partial charge on any atom is 0.00737 e. The predicted molar refractivity (Wildman–Crippen MR) is 44.7 cm³/mol. The normalized spacial score (nSPS) is 33.3. The van der Waals surface area contributed by atoms with Gasteiger partial charge in [0.15, 0.2) is 0 Å². The molecule has 0 amide bonds. The molecular weight excluding hydrogens is 122 g/mol. The number of hydrogen-bond acceptors (Lipinski definition) is 1. The van der Waals surface area contributed by atoms with Crippen LogP contribution in [-0.4, -0.2) is 6.04 Å². The summed E-state index contributed by atoms with van der Waals surface area (Å²) in [5.74, 6) is 0.563. The van der Waals surface area contributed by atoms with Crippen LogP contribution in [0, 0.1) is 5.92 Å². The van der Waals surface area contributed by atoms with Crippen LogP contribution in [0.4, 0.5) is 0 Å². The molecule has 2 unspecified atom stereocenters. The first-order valence-electron chi connectivity index (χ1n) is 3.87. The van der Waals surface area contributed by atoms with Crippen LogP contribution in [0.25, 0.3) is 0 Å². The van der Waals surface area contributed by atoms with Gasteiger partial charge < -0.3 is 5.73 Å². The van der Waals surface area contributed by atoms with Crippen LogP contribution in [0.3, 0.4) is 0 Å². The summed E-state index contributed by atoms with van der Waals surface area (Å²) < 4.78 is 0. The van der Waals surface area contributed by atoms with E-state index in [4.69, 9.17) is 5.73 Å². The van der Waals surface area contributed by atoms with Crippen molar-refractivity contribution in [1.29, 1.82) is 0 Å². The third kappa shape index (κ3) is 1.99. The molecule has 0 saturated carbocycles. The van der Waals surface area contributed by atoms with Gasteiger partial charge >= 0.3 is 0 Å². The standard InChI is InChI=1S/C9H15N/c1-2-8-4-3-5-9(10)7-6-8/h2-4,8-9H,1,5-7,10H2. The molecule has 0 fully saturated rings. The van der Waals surface area contributed by atoms with E-state index < -0.39 is 0 Å². The maximum absolute atomic E-state index is 5.77. The highest BCUT2D eigenvalue weighted by molar-refractivity contribution is 5.00. The summed E-state index contributed by atoms with van der Waals surface area (Å²) in [5, 5.41) is 0. The Bertz CT molecular complexity index is 138. The number of hydrogen-bond donors (Lipinski definition) is 1. The second kappa shape index (κ2) is 3.57. The van der Waals surface area contributed by atoms with Crippen LogP contribution in [0.15, 0.2) is 24.8 Å². The quantitative estimate of drug-likeness (QED) is 0.548. The molecule has 56 valence electrons. The van der Waals surface area contributed by atoms with Crippen LogP contribution < -0.4 is 5.73 Å². The van der Waals surface area contributed by atoms with E-state index in [0.717, 1.165) is 12.8 Å². The molecule has 0 saturated heterocycles. The second-order valence-electron chi connectivity index (χ2n) is 2.90. The number of allylic oxidation sites excluding steroid dienone is 2. The smallest absolute Gasteiger partial charge is 0.00737 e. The molecule has 0 spiro atoms. The topological polar surface area (TPSA) is 26.0 Å². The van der Waals surface area contributed by atoms with Crippen molar-refractivity contribution < 1.29 is 0 Å². The summed E-state index contributed by atoms with van der Waals surface area (Å²) in [5.41, 5.74) is 5.77. The van der Waals surface area contributed by atoms with Gasteiger partial charge in [-0.15, -0.1) is 6.58 Å². The van der Waals surface area contributed by atoms with Gasteiger partial charge in [-0.25, -0.2) is 0 Å². The molecule has 0 aromatic rings. The Morgan fingerprint density at radius 2 is 2.30 bits per heavy atom. The molecule has 0 aromatic heterocycles. The monoisotopic (exact) mass is 137 g/mol. The summed E-state index contributed by atoms with van der Waals surface area (Å²) in [6.45, 7) is 3.76. The highest BCUT2D eigenvalue weighted by Crippen LogP contribution is 2.16. The van der Waals surface area contributed by atoms with E-state index in [0.29, 0.717) is 12.0 Å². The van der Waals surface area contributed by atoms with Gasteiger partial charge in [0.2, 0.25) is 0 Å². The summed E-state index contributed by atoms with van der Waals surface area (Å²) in [6.07, 6.45) is 9.70. The van der Waals surface area contributed by atoms with Gasteiger partial charge in [0.1, 0.15) is 0 Å². The fourth-order valence-corrected chi connectivity index (χ4v) is 1.25. The van der Waals surface area contributed by atoms with Crippen molar-refractivity contribution in [2.24, 2.45) is 11.7 Å². The number of nitrogens with two attached hydrogens (primary N) is 1. The predicted octanol–water partition coefficient (Wildman–Crippen LogP) is 1.86. The molecule has 0 bridgehead atoms. The van der Waals surface area contributed by atoms with Crippen LogP contribution in [0.5, 0.6) is 0 Å². The van der Waals surface area contributed by atoms with Crippen molar-refractivity contribution >= 4 is 0 Å². The zero-order valence-corrected chi connectivity index (χ0v) is 6.29. The maximum atomic E-state index is 5.77. The lowest BCUT2D eigenvalue weighted by molar-refractivity contribution is 0.572. The van der Waals surface area contributed by atoms with Gasteiger partial charge in [-0.3, -0.25) is 0 Å². The third-order valence-electron chi connectivity index (χ3n) is 2.00. The van der Waals surface area contributed by atoms with Gasteiger partial charge in [-0.2, -0.15) is 0 Å². The van der Waals surface area contributed by atoms with Gasteiger partial charge in [-0.1, -0.05) is 18.2 Å². The Kier molecular flexibility index (Phi) is 2.69. The largest absolute Gasteiger partial charge is 0.327 e. The summed E-state index contributed by atoms with van der Waals surface area (Å²) in [7, 11) is 0. The molecule has 0 aliphatic heterocycles. The lowest BCUT2D eigenvalue weighted by Gasteiger charge is -2.06. The van der Waals surface area contributed by atoms with Crippen molar-refractivity contribution in [2.75, 3.05) is 0 Å². The molecule has 1 rings (SSSR count). The molecule has 1 heteroatoms. The minimum atomic E-state index is 0.376. The Balaban J connectivity index is 2.45. The van der Waals surface area contributed by atoms with Crippen LogP contribution in [-0.2, 0) is 0 Å². The van der Waals surface area contributed by atoms with E-state index in [1.165, 1.54) is 6.42 Å². The van der Waals surface area contributed by atoms with E-state index in [9.17, 15) is 0 Å². The number of rotatable bonds is 1. The Hall–Kier alpha value is -0.560. The Labute approximate surface area is 62.6 Å². The highest BCUT2D eigenvalue weighted by Gasteiger charge is 2.07. The van der Waals surface area contributed by atoms with E-state index in [2.05, 4.69) is 18.7 Å². The van der Waals surface area contributed by atoms with E-state index >= 15 is 0 Å². The van der Waals surface area contributed by atoms with Crippen LogP contribution >= 0.6 is 0 Å². The fourth-order valence-electron chi connectivity index (χ4n) is 1.25. The zero-order chi connectivity index (χ0) is 7.40. The molecule has 0 aromatic carbocycles. The van der Waals surface area contributed by atoms with Crippen LogP contribution in [0.2, 0.25) is 0 Å². The van der Waals surface area contributed by atoms with E-state index in [1.54, 1.807) is 0 Å². The Morgan fingerprint density at radius 1 is 1.50 bits per heavy atom. The third-order valence-corrected chi connectivity index (χ3v) is 2.00. The molecule has 1 aliphatic rings. The molecule has 1 nitrogen and oxygen atoms in total. The summed E-state index contributed by atoms with van der Waals surface area (Å²) >= 11 is 0. The molecule has 0 radical (unpaired) electrons. The lowest BCUT2D eigenvalue weighted by atomic mass is 10.0. The first-order valence-corrected chi connectivity index (χ1v) is 3.87. The van der Waals surface area contributed by atoms with Crippen molar-refractivity contribution in [3.63, 3.8) is 0 Å². The summed E-state index contributed by atoms with van der Waals surface area (Å²) in [6, 6.07) is 0.376. The first-order chi connectivity index (χ1) is 4.83. The molecule has 2 atom stereocenters. The van der Waals surface area contributed by atoms with Crippen LogP contribution in [0.1, 0.15) is 19.3 Å². The van der Waals surface area contributed by atoms with Crippen molar-refractivity contribution in [3.8, 4) is 0 Å². The molecule has 0 heterocycles. The average molecular weight is 137 g/mol. The van der Waals surface area contributed by atoms with Gasteiger partial charge in [0.05, 0.1) is 0 Å². The van der Waals surface area contributed by atoms with E-state index in [-0.39, 0.29) is 0 Å². The minimum absolute atomic E-state index is 0.376. The van der Waals surface area contributed by atoms with Gasteiger partial charge in [0, 0.05) is 6.04 Å². The first kappa shape index (κ1) is 7.55. The average Bonchev–Trinajstić information content (AvgIpc) is 2.14. The molecular formula is C9H15N. The summed E-state index contributed by atoms with van der Waals surface area (Å²) in [4.78, 5) is 0. The highest BCUT2D eigenvalue weighted by atomic mass is 14.6. The van der Waals surface area contributed by atoms with Crippen molar-refractivity contribution in [3.05, 3.63) is 24.8 Å². The van der Waals surface area contributed by atoms with Gasteiger partial charge in [-0.05, 0) is 25.2 Å². The second-order valence-corrected chi connectivity index (χ2v) is 2.90. The Morgan fingerprint density at radius 3 is 3.00 bits per heavy atom. The molecule has 1 aliphatic carbocycles. The molecule has 2 N–H and O–H groups in total. The zero-order valence-electron chi connectivity index (χ0n) is 6.29. The molecule has 10 heavy (non-hydrogen) atoms. The van der Waals surface area contributed by atoms with Crippen molar-refractivity contribution in [1.82, 2.24) is 0 Å². The van der Waals surface area contributed by atoms with Gasteiger partial charge in [0.25, 0.3) is 0 Å².